The van der Waals surface area contributed by atoms with Crippen LogP contribution in [0.2, 0.25) is 0 Å². The van der Waals surface area contributed by atoms with Crippen molar-refractivity contribution in [3.8, 4) is 11.5 Å². The number of amides is 1. The van der Waals surface area contributed by atoms with E-state index in [1.807, 2.05) is 13.8 Å². The fraction of sp³-hybridized carbons (Fsp3) is 0.312. The lowest BCUT2D eigenvalue weighted by Gasteiger charge is -2.07. The Kier molecular flexibility index (Phi) is 9.31. The smallest absolute Gasteiger partial charge is 0.314 e. The molecule has 0 aliphatic heterocycles. The highest BCUT2D eigenvalue weighted by Gasteiger charge is 2.19. The topological polar surface area (TPSA) is 139 Å². The van der Waals surface area contributed by atoms with E-state index in [9.17, 15) is 25.1 Å². The van der Waals surface area contributed by atoms with Crippen molar-refractivity contribution in [1.82, 2.24) is 5.32 Å². The Hall–Kier alpha value is -3.03. The van der Waals surface area contributed by atoms with Gasteiger partial charge in [-0.25, -0.2) is 0 Å². The highest BCUT2D eigenvalue weighted by atomic mass is 16.6. The molecule has 0 heterocycles. The monoisotopic (exact) mass is 337 g/mol. The van der Waals surface area contributed by atoms with Crippen molar-refractivity contribution in [2.45, 2.75) is 27.2 Å². The molecule has 0 saturated carbocycles. The molecule has 0 unspecified atom stereocenters. The number of rotatable bonds is 6. The van der Waals surface area contributed by atoms with Crippen LogP contribution in [0, 0.1) is 10.1 Å². The summed E-state index contributed by atoms with van der Waals surface area (Å²) in [6, 6.07) is 2.16. The Morgan fingerprint density at radius 1 is 1.38 bits per heavy atom. The van der Waals surface area contributed by atoms with Gasteiger partial charge in [0.1, 0.15) is 0 Å². The van der Waals surface area contributed by atoms with Crippen LogP contribution in [0.25, 0.3) is 0 Å². The first kappa shape index (κ1) is 21.0. The second-order valence-corrected chi connectivity index (χ2v) is 4.59. The third-order valence-electron chi connectivity index (χ3n) is 2.75. The van der Waals surface area contributed by atoms with Gasteiger partial charge >= 0.3 is 5.69 Å². The van der Waals surface area contributed by atoms with Crippen LogP contribution >= 0.6 is 0 Å². The van der Waals surface area contributed by atoms with E-state index in [0.717, 1.165) is 17.7 Å². The average molecular weight is 337 g/mol. The molecule has 1 amide bonds. The number of hydrogen-bond acceptors (Lipinski definition) is 6. The maximum atomic E-state index is 11.8. The van der Waals surface area contributed by atoms with Crippen LogP contribution in [0.4, 0.5) is 5.69 Å². The number of nitro benzene ring substituents is 1. The number of carbonyl (C=O) groups is 1. The van der Waals surface area contributed by atoms with Gasteiger partial charge in [-0.2, -0.15) is 0 Å². The molecule has 0 bridgehead atoms. The standard InChI is InChI=1S/C14H17N3O5.C2H6/c1-9(3-2-4-15)8-16-13(19)7-10-5-11(17(21)22)14(20)12(18)6-10;1-2/h2-6,18,20H,7-8,15H2,1H3,(H,16,19);1-2H3/b4-2-,9-3+;. The molecular weight excluding hydrogens is 314 g/mol. The zero-order chi connectivity index (χ0) is 18.7. The minimum absolute atomic E-state index is 0.158. The lowest BCUT2D eigenvalue weighted by molar-refractivity contribution is -0.386. The number of aromatic hydroxyl groups is 2. The zero-order valence-electron chi connectivity index (χ0n) is 13.9. The number of nitrogens with zero attached hydrogens (tertiary/aromatic N) is 1. The molecule has 1 aromatic rings. The second kappa shape index (κ2) is 10.7. The first-order valence-electron chi connectivity index (χ1n) is 7.35. The molecular formula is C16H23N3O5. The van der Waals surface area contributed by atoms with E-state index < -0.39 is 22.1 Å². The van der Waals surface area contributed by atoms with Crippen LogP contribution in [-0.2, 0) is 11.2 Å². The Balaban J connectivity index is 0.00000254. The Labute approximate surface area is 140 Å². The van der Waals surface area contributed by atoms with Gasteiger partial charge in [-0.15, -0.1) is 0 Å². The Bertz CT molecular complexity index is 639. The quantitative estimate of drug-likeness (QED) is 0.271. The van der Waals surface area contributed by atoms with Crippen molar-refractivity contribution in [3.63, 3.8) is 0 Å². The molecule has 0 aromatic heterocycles. The summed E-state index contributed by atoms with van der Waals surface area (Å²) in [6.07, 6.45) is 4.57. The number of nitro groups is 1. The number of phenols is 2. The molecule has 132 valence electrons. The van der Waals surface area contributed by atoms with E-state index in [1.165, 1.54) is 6.20 Å². The van der Waals surface area contributed by atoms with E-state index in [1.54, 1.807) is 19.1 Å². The van der Waals surface area contributed by atoms with Gasteiger partial charge in [0.25, 0.3) is 0 Å². The van der Waals surface area contributed by atoms with E-state index >= 15 is 0 Å². The minimum atomic E-state index is -0.831. The molecule has 5 N–H and O–H groups in total. The molecule has 0 atom stereocenters. The van der Waals surface area contributed by atoms with Crippen LogP contribution in [0.5, 0.6) is 11.5 Å². The van der Waals surface area contributed by atoms with Gasteiger partial charge in [0.2, 0.25) is 11.7 Å². The fourth-order valence-electron chi connectivity index (χ4n) is 1.67. The number of phenolic OH excluding ortho intramolecular Hbond substituents is 2. The molecule has 8 nitrogen and oxygen atoms in total. The van der Waals surface area contributed by atoms with Crippen molar-refractivity contribution in [2.24, 2.45) is 5.73 Å². The normalized spacial score (nSPS) is 10.9. The predicted octanol–water partition coefficient (Wildman–Crippen LogP) is 2.11. The van der Waals surface area contributed by atoms with E-state index in [4.69, 9.17) is 5.73 Å². The largest absolute Gasteiger partial charge is 0.504 e. The molecule has 0 saturated heterocycles. The van der Waals surface area contributed by atoms with Crippen LogP contribution in [-0.4, -0.2) is 27.6 Å². The highest BCUT2D eigenvalue weighted by Crippen LogP contribution is 2.36. The number of carbonyl (C=O) groups excluding carboxylic acids is 1. The van der Waals surface area contributed by atoms with E-state index in [-0.39, 0.29) is 17.9 Å². The SMILES string of the molecule is C/C(=C\C=C/N)CNC(=O)Cc1cc(O)c(O)c([N+](=O)[O-])c1.CC. The van der Waals surface area contributed by atoms with Crippen LogP contribution < -0.4 is 11.1 Å². The van der Waals surface area contributed by atoms with Crippen molar-refractivity contribution < 1.29 is 19.9 Å². The van der Waals surface area contributed by atoms with Gasteiger partial charge in [-0.05, 0) is 30.8 Å². The lowest BCUT2D eigenvalue weighted by atomic mass is 10.1. The van der Waals surface area contributed by atoms with E-state index in [0.29, 0.717) is 6.54 Å². The van der Waals surface area contributed by atoms with Crippen molar-refractivity contribution in [3.05, 3.63) is 51.7 Å². The number of hydrogen-bond donors (Lipinski definition) is 4. The second-order valence-electron chi connectivity index (χ2n) is 4.59. The summed E-state index contributed by atoms with van der Waals surface area (Å²) in [5.74, 6) is -1.83. The third kappa shape index (κ3) is 6.82. The maximum absolute atomic E-state index is 11.8. The lowest BCUT2D eigenvalue weighted by Crippen LogP contribution is -2.26. The van der Waals surface area contributed by atoms with Crippen molar-refractivity contribution in [1.29, 1.82) is 0 Å². The molecule has 0 radical (unpaired) electrons. The van der Waals surface area contributed by atoms with Crippen molar-refractivity contribution >= 4 is 11.6 Å². The highest BCUT2D eigenvalue weighted by molar-refractivity contribution is 5.79. The molecule has 0 aliphatic carbocycles. The molecule has 0 aliphatic rings. The number of benzene rings is 1. The summed E-state index contributed by atoms with van der Waals surface area (Å²) in [7, 11) is 0. The van der Waals surface area contributed by atoms with Gasteiger partial charge in [-0.1, -0.05) is 25.5 Å². The van der Waals surface area contributed by atoms with Crippen LogP contribution in [0.3, 0.4) is 0 Å². The molecule has 8 heteroatoms. The fourth-order valence-corrected chi connectivity index (χ4v) is 1.67. The Morgan fingerprint density at radius 3 is 2.54 bits per heavy atom. The van der Waals surface area contributed by atoms with Crippen molar-refractivity contribution in [2.75, 3.05) is 6.54 Å². The first-order chi connectivity index (χ1) is 11.3. The number of nitrogens with one attached hydrogen (secondary N) is 1. The first-order valence-corrected chi connectivity index (χ1v) is 7.35. The summed E-state index contributed by atoms with van der Waals surface area (Å²) in [5, 5.41) is 32.2. The van der Waals surface area contributed by atoms with Crippen LogP contribution in [0.15, 0.2) is 36.1 Å². The summed E-state index contributed by atoms with van der Waals surface area (Å²) >= 11 is 0. The summed E-state index contributed by atoms with van der Waals surface area (Å²) in [4.78, 5) is 21.7. The predicted molar refractivity (Wildman–Crippen MR) is 91.6 cm³/mol. The minimum Gasteiger partial charge on any atom is -0.504 e. The molecule has 0 spiro atoms. The number of allylic oxidation sites excluding steroid dienone is 2. The van der Waals surface area contributed by atoms with E-state index in [2.05, 4.69) is 5.32 Å². The van der Waals surface area contributed by atoms with Gasteiger partial charge in [0, 0.05) is 12.6 Å². The maximum Gasteiger partial charge on any atom is 0.314 e. The van der Waals surface area contributed by atoms with Gasteiger partial charge in [0.15, 0.2) is 5.75 Å². The number of nitrogens with two attached hydrogens (primary N) is 1. The van der Waals surface area contributed by atoms with Gasteiger partial charge in [-0.3, -0.25) is 14.9 Å². The third-order valence-corrected chi connectivity index (χ3v) is 2.75. The summed E-state index contributed by atoms with van der Waals surface area (Å²) in [6.45, 7) is 6.10. The Morgan fingerprint density at radius 2 is 2.00 bits per heavy atom. The molecule has 0 fully saturated rings. The zero-order valence-corrected chi connectivity index (χ0v) is 13.9. The van der Waals surface area contributed by atoms with Gasteiger partial charge < -0.3 is 21.3 Å². The van der Waals surface area contributed by atoms with Crippen LogP contribution in [0.1, 0.15) is 26.3 Å². The molecule has 24 heavy (non-hydrogen) atoms. The van der Waals surface area contributed by atoms with Gasteiger partial charge in [0.05, 0.1) is 11.3 Å². The molecule has 1 rings (SSSR count). The molecule has 1 aromatic carbocycles. The summed E-state index contributed by atoms with van der Waals surface area (Å²) < 4.78 is 0. The average Bonchev–Trinajstić information content (AvgIpc) is 2.55. The summed E-state index contributed by atoms with van der Waals surface area (Å²) in [5.41, 5.74) is 5.64.